The normalized spacial score (nSPS) is 16.9. The number of benzene rings is 1. The van der Waals surface area contributed by atoms with Crippen molar-refractivity contribution in [1.82, 2.24) is 14.9 Å². The zero-order chi connectivity index (χ0) is 23.7. The van der Waals surface area contributed by atoms with Crippen molar-refractivity contribution in [3.8, 4) is 0 Å². The standard InChI is InChI=1S/C25H32N6O2S/c1-25(2,3)33-24(32)31-13-4-12-30(14-15-31)19-9-7-18(8-10-19)27-23-28-20-11-16-34-21(20)22(29-23)26-17-5-6-17/h7-11,16-17H,4-6,12-15H2,1-3H3,(H2,26,27,28,29). The molecule has 0 unspecified atom stereocenters. The van der Waals surface area contributed by atoms with Gasteiger partial charge in [0.2, 0.25) is 5.95 Å². The van der Waals surface area contributed by atoms with Crippen molar-refractivity contribution in [1.29, 1.82) is 0 Å². The number of amides is 1. The third-order valence-electron chi connectivity index (χ3n) is 5.86. The molecule has 5 rings (SSSR count). The molecule has 34 heavy (non-hydrogen) atoms. The van der Waals surface area contributed by atoms with Gasteiger partial charge in [-0.2, -0.15) is 4.98 Å². The maximum atomic E-state index is 12.4. The van der Waals surface area contributed by atoms with Crippen LogP contribution in [0.1, 0.15) is 40.0 Å². The first kappa shape index (κ1) is 22.7. The fourth-order valence-electron chi connectivity index (χ4n) is 4.01. The van der Waals surface area contributed by atoms with Crippen LogP contribution in [-0.4, -0.2) is 58.8 Å². The highest BCUT2D eigenvalue weighted by Crippen LogP contribution is 2.32. The minimum atomic E-state index is -0.474. The Morgan fingerprint density at radius 3 is 2.59 bits per heavy atom. The van der Waals surface area contributed by atoms with Gasteiger partial charge in [-0.05, 0) is 75.7 Å². The first-order valence-corrected chi connectivity index (χ1v) is 12.8. The number of ether oxygens (including phenoxy) is 1. The third kappa shape index (κ3) is 5.52. The zero-order valence-electron chi connectivity index (χ0n) is 20.0. The molecule has 2 N–H and O–H groups in total. The molecule has 1 aliphatic heterocycles. The summed E-state index contributed by atoms with van der Waals surface area (Å²) < 4.78 is 6.65. The van der Waals surface area contributed by atoms with Crippen molar-refractivity contribution in [2.45, 2.75) is 51.7 Å². The van der Waals surface area contributed by atoms with E-state index in [2.05, 4.69) is 50.2 Å². The number of aromatic nitrogens is 2. The molecule has 1 saturated heterocycles. The number of nitrogens with zero attached hydrogens (tertiary/aromatic N) is 4. The van der Waals surface area contributed by atoms with Gasteiger partial charge in [-0.3, -0.25) is 0 Å². The minimum Gasteiger partial charge on any atom is -0.444 e. The van der Waals surface area contributed by atoms with Crippen LogP contribution in [0.5, 0.6) is 0 Å². The van der Waals surface area contributed by atoms with E-state index >= 15 is 0 Å². The Labute approximate surface area is 204 Å². The van der Waals surface area contributed by atoms with E-state index in [1.807, 2.05) is 31.7 Å². The lowest BCUT2D eigenvalue weighted by molar-refractivity contribution is 0.0263. The lowest BCUT2D eigenvalue weighted by Gasteiger charge is -2.27. The number of anilines is 4. The first-order chi connectivity index (χ1) is 16.3. The Hall–Kier alpha value is -3.07. The average molecular weight is 481 g/mol. The summed E-state index contributed by atoms with van der Waals surface area (Å²) in [4.78, 5) is 26.0. The molecule has 1 amide bonds. The van der Waals surface area contributed by atoms with E-state index in [4.69, 9.17) is 9.72 Å². The maximum absolute atomic E-state index is 12.4. The number of carbonyl (C=O) groups excluding carboxylic acids is 1. The molecule has 180 valence electrons. The molecular weight excluding hydrogens is 448 g/mol. The number of hydrogen-bond donors (Lipinski definition) is 2. The maximum Gasteiger partial charge on any atom is 0.410 e. The summed E-state index contributed by atoms with van der Waals surface area (Å²) in [5, 5.41) is 8.95. The molecule has 1 aromatic carbocycles. The van der Waals surface area contributed by atoms with Gasteiger partial charge in [-0.25, -0.2) is 9.78 Å². The van der Waals surface area contributed by atoms with Crippen molar-refractivity contribution in [3.63, 3.8) is 0 Å². The Morgan fingerprint density at radius 2 is 1.85 bits per heavy atom. The largest absolute Gasteiger partial charge is 0.444 e. The molecule has 3 aromatic rings. The van der Waals surface area contributed by atoms with Crippen LogP contribution in [0.2, 0.25) is 0 Å². The zero-order valence-corrected chi connectivity index (χ0v) is 20.8. The quantitative estimate of drug-likeness (QED) is 0.502. The van der Waals surface area contributed by atoms with Crippen LogP contribution in [0.25, 0.3) is 10.2 Å². The van der Waals surface area contributed by atoms with E-state index in [1.165, 1.54) is 12.8 Å². The second-order valence-electron chi connectivity index (χ2n) is 9.93. The Morgan fingerprint density at radius 1 is 1.06 bits per heavy atom. The molecule has 3 heterocycles. The number of fused-ring (bicyclic) bond motifs is 1. The van der Waals surface area contributed by atoms with Crippen LogP contribution in [0, 0.1) is 0 Å². The van der Waals surface area contributed by atoms with Crippen molar-refractivity contribution in [2.75, 3.05) is 41.7 Å². The van der Waals surface area contributed by atoms with E-state index in [9.17, 15) is 4.79 Å². The summed E-state index contributed by atoms with van der Waals surface area (Å²) in [6.45, 7) is 8.75. The summed E-state index contributed by atoms with van der Waals surface area (Å²) in [6.07, 6.45) is 3.08. The van der Waals surface area contributed by atoms with Crippen LogP contribution >= 0.6 is 11.3 Å². The molecule has 0 radical (unpaired) electrons. The van der Waals surface area contributed by atoms with E-state index in [-0.39, 0.29) is 6.09 Å². The van der Waals surface area contributed by atoms with Crippen molar-refractivity contribution >= 4 is 50.8 Å². The van der Waals surface area contributed by atoms with Gasteiger partial charge in [0.15, 0.2) is 0 Å². The van der Waals surface area contributed by atoms with Gasteiger partial charge in [0.1, 0.15) is 11.4 Å². The van der Waals surface area contributed by atoms with E-state index in [0.717, 1.165) is 46.9 Å². The van der Waals surface area contributed by atoms with Crippen molar-refractivity contribution < 1.29 is 9.53 Å². The van der Waals surface area contributed by atoms with Crippen LogP contribution in [-0.2, 0) is 4.74 Å². The number of thiophene rings is 1. The second-order valence-corrected chi connectivity index (χ2v) is 10.8. The highest BCUT2D eigenvalue weighted by Gasteiger charge is 2.25. The van der Waals surface area contributed by atoms with Gasteiger partial charge in [-0.1, -0.05) is 0 Å². The Bertz CT molecular complexity index is 1150. The predicted octanol–water partition coefficient (Wildman–Crippen LogP) is 5.46. The molecule has 1 saturated carbocycles. The minimum absolute atomic E-state index is 0.230. The molecule has 2 aliphatic rings. The molecule has 2 aromatic heterocycles. The number of hydrogen-bond acceptors (Lipinski definition) is 8. The van der Waals surface area contributed by atoms with Crippen LogP contribution in [0.4, 0.5) is 27.9 Å². The molecule has 0 spiro atoms. The van der Waals surface area contributed by atoms with E-state index in [1.54, 1.807) is 11.3 Å². The van der Waals surface area contributed by atoms with E-state index in [0.29, 0.717) is 25.1 Å². The van der Waals surface area contributed by atoms with Gasteiger partial charge in [0.05, 0.1) is 10.2 Å². The highest BCUT2D eigenvalue weighted by atomic mass is 32.1. The number of nitrogens with one attached hydrogen (secondary N) is 2. The number of rotatable bonds is 5. The van der Waals surface area contributed by atoms with Crippen LogP contribution in [0.15, 0.2) is 35.7 Å². The molecule has 9 heteroatoms. The van der Waals surface area contributed by atoms with Crippen LogP contribution < -0.4 is 15.5 Å². The summed E-state index contributed by atoms with van der Waals surface area (Å²) >= 11 is 1.67. The van der Waals surface area contributed by atoms with Gasteiger partial charge in [0.25, 0.3) is 0 Å². The summed E-state index contributed by atoms with van der Waals surface area (Å²) in [6, 6.07) is 10.9. The fourth-order valence-corrected chi connectivity index (χ4v) is 4.79. The fraction of sp³-hybridized carbons (Fsp3) is 0.480. The topological polar surface area (TPSA) is 82.6 Å². The lowest BCUT2D eigenvalue weighted by atomic mass is 10.2. The van der Waals surface area contributed by atoms with Crippen molar-refractivity contribution in [3.05, 3.63) is 35.7 Å². The van der Waals surface area contributed by atoms with Gasteiger partial charge >= 0.3 is 6.09 Å². The monoisotopic (exact) mass is 480 g/mol. The molecule has 0 atom stereocenters. The summed E-state index contributed by atoms with van der Waals surface area (Å²) in [7, 11) is 0. The first-order valence-electron chi connectivity index (χ1n) is 12.0. The SMILES string of the molecule is CC(C)(C)OC(=O)N1CCCN(c2ccc(Nc3nc(NC4CC4)c4sccc4n3)cc2)CC1. The molecule has 1 aliphatic carbocycles. The predicted molar refractivity (Wildman–Crippen MR) is 138 cm³/mol. The molecule has 8 nitrogen and oxygen atoms in total. The Kier molecular flexibility index (Phi) is 6.20. The molecule has 0 bridgehead atoms. The van der Waals surface area contributed by atoms with Crippen LogP contribution in [0.3, 0.4) is 0 Å². The highest BCUT2D eigenvalue weighted by molar-refractivity contribution is 7.17. The Balaban J connectivity index is 1.23. The van der Waals surface area contributed by atoms with Gasteiger partial charge in [0, 0.05) is 43.6 Å². The van der Waals surface area contributed by atoms with Gasteiger partial charge in [-0.15, -0.1) is 11.3 Å². The number of carbonyl (C=O) groups is 1. The third-order valence-corrected chi connectivity index (χ3v) is 6.77. The molecular formula is C25H32N6O2S. The lowest BCUT2D eigenvalue weighted by Crippen LogP contribution is -2.39. The molecule has 2 fully saturated rings. The summed E-state index contributed by atoms with van der Waals surface area (Å²) in [5.41, 5.74) is 2.57. The smallest absolute Gasteiger partial charge is 0.410 e. The summed E-state index contributed by atoms with van der Waals surface area (Å²) in [5.74, 6) is 1.52. The second kappa shape index (κ2) is 9.29. The van der Waals surface area contributed by atoms with Gasteiger partial charge < -0.3 is 25.2 Å². The van der Waals surface area contributed by atoms with E-state index < -0.39 is 5.60 Å². The van der Waals surface area contributed by atoms with Crippen molar-refractivity contribution in [2.24, 2.45) is 0 Å². The average Bonchev–Trinajstić information content (AvgIpc) is 3.53.